The molecule has 0 bridgehead atoms. The minimum Gasteiger partial charge on any atom is -0.479 e. The summed E-state index contributed by atoms with van der Waals surface area (Å²) in [6.45, 7) is 0.972. The fourth-order valence-corrected chi connectivity index (χ4v) is 1.77. The van der Waals surface area contributed by atoms with Crippen LogP contribution in [0.5, 0.6) is 0 Å². The van der Waals surface area contributed by atoms with Gasteiger partial charge < -0.3 is 15.3 Å². The number of hydrogen-bond donors (Lipinski definition) is 3. The van der Waals surface area contributed by atoms with Gasteiger partial charge in [0.2, 0.25) is 0 Å². The molecule has 4 nitrogen and oxygen atoms in total. The number of halogens is 2. The van der Waals surface area contributed by atoms with Gasteiger partial charge in [-0.1, -0.05) is 29.3 Å². The van der Waals surface area contributed by atoms with Crippen molar-refractivity contribution in [3.05, 3.63) is 33.8 Å². The average molecular weight is 265 g/mol. The predicted octanol–water partition coefficient (Wildman–Crippen LogP) is 1.86. The van der Waals surface area contributed by atoms with E-state index in [1.54, 1.807) is 6.07 Å². The highest BCUT2D eigenvalue weighted by molar-refractivity contribution is 6.36. The van der Waals surface area contributed by atoms with Gasteiger partial charge in [0.05, 0.1) is 0 Å². The third-order valence-corrected chi connectivity index (χ3v) is 2.90. The van der Waals surface area contributed by atoms with E-state index in [2.05, 4.69) is 0 Å². The van der Waals surface area contributed by atoms with E-state index in [1.165, 1.54) is 12.1 Å². The number of aliphatic carboxylic acids is 1. The first-order chi connectivity index (χ1) is 7.28. The van der Waals surface area contributed by atoms with Crippen molar-refractivity contribution in [3.8, 4) is 0 Å². The third kappa shape index (κ3) is 2.30. The molecule has 16 heavy (non-hydrogen) atoms. The number of aliphatic hydroxyl groups is 2. The normalized spacial score (nSPS) is 16.6. The van der Waals surface area contributed by atoms with E-state index in [9.17, 15) is 15.0 Å². The summed E-state index contributed by atoms with van der Waals surface area (Å²) in [7, 11) is 0. The highest BCUT2D eigenvalue weighted by Crippen LogP contribution is 2.35. The number of carboxylic acids is 1. The molecule has 1 aromatic rings. The molecule has 0 aromatic heterocycles. The van der Waals surface area contributed by atoms with Crippen molar-refractivity contribution in [2.45, 2.75) is 18.6 Å². The Labute approximate surface area is 102 Å². The molecule has 0 saturated heterocycles. The second-order valence-electron chi connectivity index (χ2n) is 3.49. The molecule has 0 saturated carbocycles. The van der Waals surface area contributed by atoms with Gasteiger partial charge in [0.15, 0.2) is 5.60 Å². The predicted molar refractivity (Wildman–Crippen MR) is 59.7 cm³/mol. The van der Waals surface area contributed by atoms with Gasteiger partial charge in [-0.25, -0.2) is 4.79 Å². The fraction of sp³-hybridized carbons (Fsp3) is 0.300. The second-order valence-corrected chi connectivity index (χ2v) is 4.30. The molecule has 88 valence electrons. The number of carboxylic acid groups (broad SMARTS) is 1. The molecule has 1 rings (SSSR count). The van der Waals surface area contributed by atoms with Crippen LogP contribution in [0.15, 0.2) is 18.2 Å². The highest BCUT2D eigenvalue weighted by Gasteiger charge is 2.41. The number of hydrogen-bond acceptors (Lipinski definition) is 3. The van der Waals surface area contributed by atoms with Crippen molar-refractivity contribution in [3.63, 3.8) is 0 Å². The lowest BCUT2D eigenvalue weighted by atomic mass is 9.93. The van der Waals surface area contributed by atoms with E-state index in [1.807, 2.05) is 0 Å². The number of aliphatic hydroxyl groups excluding tert-OH is 1. The van der Waals surface area contributed by atoms with Crippen LogP contribution in [0.25, 0.3) is 0 Å². The van der Waals surface area contributed by atoms with Crippen LogP contribution in [-0.2, 0) is 4.79 Å². The van der Waals surface area contributed by atoms with Gasteiger partial charge in [-0.15, -0.1) is 0 Å². The van der Waals surface area contributed by atoms with Crippen LogP contribution in [-0.4, -0.2) is 26.9 Å². The Morgan fingerprint density at radius 3 is 2.19 bits per heavy atom. The number of rotatable bonds is 3. The average Bonchev–Trinajstić information content (AvgIpc) is 2.16. The zero-order chi connectivity index (χ0) is 12.5. The van der Waals surface area contributed by atoms with E-state index < -0.39 is 17.7 Å². The Kier molecular flexibility index (Phi) is 3.80. The summed E-state index contributed by atoms with van der Waals surface area (Å²) in [6, 6.07) is 4.45. The summed E-state index contributed by atoms with van der Waals surface area (Å²) in [5.74, 6) is -1.56. The standard InChI is InChI=1S/C10H10Cl2O4/c1-10(16,9(14)15)8(13)7-5(11)3-2-4-6(7)12/h2-4,8,13,16H,1H3,(H,14,15). The van der Waals surface area contributed by atoms with Crippen LogP contribution in [0.4, 0.5) is 0 Å². The van der Waals surface area contributed by atoms with Gasteiger partial charge in [0.25, 0.3) is 0 Å². The number of carbonyl (C=O) groups is 1. The summed E-state index contributed by atoms with van der Waals surface area (Å²) in [6.07, 6.45) is -1.70. The largest absolute Gasteiger partial charge is 0.479 e. The van der Waals surface area contributed by atoms with Gasteiger partial charge in [-0.3, -0.25) is 0 Å². The fourth-order valence-electron chi connectivity index (χ4n) is 1.17. The van der Waals surface area contributed by atoms with Gasteiger partial charge in [0, 0.05) is 15.6 Å². The summed E-state index contributed by atoms with van der Waals surface area (Å²) in [5.41, 5.74) is -2.35. The van der Waals surface area contributed by atoms with Crippen molar-refractivity contribution >= 4 is 29.2 Å². The molecule has 2 unspecified atom stereocenters. The molecular formula is C10H10Cl2O4. The van der Waals surface area contributed by atoms with Crippen LogP contribution in [0.3, 0.4) is 0 Å². The maximum Gasteiger partial charge on any atom is 0.338 e. The summed E-state index contributed by atoms with van der Waals surface area (Å²) >= 11 is 11.6. The van der Waals surface area contributed by atoms with E-state index in [0.29, 0.717) is 0 Å². The summed E-state index contributed by atoms with van der Waals surface area (Å²) in [5, 5.41) is 28.3. The zero-order valence-electron chi connectivity index (χ0n) is 8.32. The molecule has 0 aliphatic rings. The maximum absolute atomic E-state index is 10.8. The first-order valence-electron chi connectivity index (χ1n) is 4.36. The van der Waals surface area contributed by atoms with Crippen molar-refractivity contribution in [1.82, 2.24) is 0 Å². The molecule has 0 aliphatic carbocycles. The third-order valence-electron chi connectivity index (χ3n) is 2.24. The first-order valence-corrected chi connectivity index (χ1v) is 5.11. The SMILES string of the molecule is CC(O)(C(=O)O)C(O)c1c(Cl)cccc1Cl. The van der Waals surface area contributed by atoms with E-state index in [0.717, 1.165) is 6.92 Å². The smallest absolute Gasteiger partial charge is 0.338 e. The molecule has 3 N–H and O–H groups in total. The molecule has 0 aliphatic heterocycles. The molecule has 2 atom stereocenters. The first kappa shape index (κ1) is 13.3. The molecule has 1 aromatic carbocycles. The van der Waals surface area contributed by atoms with Gasteiger partial charge in [-0.05, 0) is 19.1 Å². The Morgan fingerprint density at radius 2 is 1.81 bits per heavy atom. The quantitative estimate of drug-likeness (QED) is 0.779. The molecule has 0 spiro atoms. The van der Waals surface area contributed by atoms with E-state index >= 15 is 0 Å². The molecule has 0 heterocycles. The van der Waals surface area contributed by atoms with Crippen molar-refractivity contribution in [2.75, 3.05) is 0 Å². The van der Waals surface area contributed by atoms with Crippen LogP contribution in [0.1, 0.15) is 18.6 Å². The highest BCUT2D eigenvalue weighted by atomic mass is 35.5. The van der Waals surface area contributed by atoms with E-state index in [-0.39, 0.29) is 15.6 Å². The van der Waals surface area contributed by atoms with Crippen molar-refractivity contribution in [2.24, 2.45) is 0 Å². The lowest BCUT2D eigenvalue weighted by molar-refractivity contribution is -0.169. The second kappa shape index (κ2) is 4.59. The summed E-state index contributed by atoms with van der Waals surface area (Å²) in [4.78, 5) is 10.8. The Morgan fingerprint density at radius 1 is 1.38 bits per heavy atom. The topological polar surface area (TPSA) is 77.8 Å². The minimum atomic E-state index is -2.35. The van der Waals surface area contributed by atoms with Crippen molar-refractivity contribution < 1.29 is 20.1 Å². The molecule has 6 heteroatoms. The van der Waals surface area contributed by atoms with Gasteiger partial charge in [-0.2, -0.15) is 0 Å². The molecular weight excluding hydrogens is 255 g/mol. The van der Waals surface area contributed by atoms with Crippen molar-refractivity contribution in [1.29, 1.82) is 0 Å². The zero-order valence-corrected chi connectivity index (χ0v) is 9.83. The number of benzene rings is 1. The Bertz CT molecular complexity index is 397. The lowest BCUT2D eigenvalue weighted by Gasteiger charge is -2.26. The molecule has 0 fully saturated rings. The Hall–Kier alpha value is -0.810. The van der Waals surface area contributed by atoms with Crippen LogP contribution in [0.2, 0.25) is 10.0 Å². The molecule has 0 amide bonds. The van der Waals surface area contributed by atoms with Crippen LogP contribution < -0.4 is 0 Å². The van der Waals surface area contributed by atoms with Gasteiger partial charge >= 0.3 is 5.97 Å². The lowest BCUT2D eigenvalue weighted by Crippen LogP contribution is -2.41. The van der Waals surface area contributed by atoms with E-state index in [4.69, 9.17) is 28.3 Å². The monoisotopic (exact) mass is 264 g/mol. The Balaban J connectivity index is 3.24. The van der Waals surface area contributed by atoms with Crippen LogP contribution >= 0.6 is 23.2 Å². The maximum atomic E-state index is 10.8. The summed E-state index contributed by atoms with van der Waals surface area (Å²) < 4.78 is 0. The van der Waals surface area contributed by atoms with Gasteiger partial charge in [0.1, 0.15) is 6.10 Å². The molecule has 0 radical (unpaired) electrons. The minimum absolute atomic E-state index is 0.00164. The van der Waals surface area contributed by atoms with Crippen LogP contribution in [0, 0.1) is 0 Å².